The third-order valence-corrected chi connectivity index (χ3v) is 5.72. The molecule has 28 heavy (non-hydrogen) atoms. The summed E-state index contributed by atoms with van der Waals surface area (Å²) >= 11 is 1.73. The standard InChI is InChI=1S/C22H25N3O2S/c1-4-9-23-21(26)16-7-8-18-19(11-16)25-22(27)20(24-18)13-28-12-17-10-14(2)5-6-15(17)3/h4-8,10-11,20,24H,1,9,12-13H2,2-3H3,(H,23,26)(H,25,27). The number of benzene rings is 2. The van der Waals surface area contributed by atoms with Crippen molar-refractivity contribution in [3.8, 4) is 0 Å². The van der Waals surface area contributed by atoms with Crippen LogP contribution in [0.2, 0.25) is 0 Å². The molecular weight excluding hydrogens is 370 g/mol. The van der Waals surface area contributed by atoms with Gasteiger partial charge in [0.2, 0.25) is 5.91 Å². The van der Waals surface area contributed by atoms with Crippen molar-refractivity contribution in [2.45, 2.75) is 25.6 Å². The summed E-state index contributed by atoms with van der Waals surface area (Å²) in [5.74, 6) is 1.27. The van der Waals surface area contributed by atoms with Crippen molar-refractivity contribution in [1.82, 2.24) is 5.32 Å². The lowest BCUT2D eigenvalue weighted by molar-refractivity contribution is -0.116. The number of fused-ring (bicyclic) bond motifs is 1. The lowest BCUT2D eigenvalue weighted by atomic mass is 10.1. The normalized spacial score (nSPS) is 15.2. The summed E-state index contributed by atoms with van der Waals surface area (Å²) in [5.41, 5.74) is 5.79. The monoisotopic (exact) mass is 395 g/mol. The lowest BCUT2D eigenvalue weighted by Gasteiger charge is -2.27. The quantitative estimate of drug-likeness (QED) is 0.622. The van der Waals surface area contributed by atoms with E-state index in [0.29, 0.717) is 23.5 Å². The minimum absolute atomic E-state index is 0.0791. The maximum absolute atomic E-state index is 12.5. The highest BCUT2D eigenvalue weighted by Gasteiger charge is 2.26. The fraction of sp³-hybridized carbons (Fsp3) is 0.273. The van der Waals surface area contributed by atoms with Crippen molar-refractivity contribution in [1.29, 1.82) is 0 Å². The van der Waals surface area contributed by atoms with Crippen LogP contribution in [-0.4, -0.2) is 30.2 Å². The highest BCUT2D eigenvalue weighted by molar-refractivity contribution is 7.98. The fourth-order valence-electron chi connectivity index (χ4n) is 3.01. The Kier molecular flexibility index (Phi) is 6.41. The van der Waals surface area contributed by atoms with E-state index in [1.54, 1.807) is 30.0 Å². The van der Waals surface area contributed by atoms with Crippen LogP contribution in [0, 0.1) is 13.8 Å². The molecular formula is C22H25N3O2S. The van der Waals surface area contributed by atoms with Crippen molar-refractivity contribution in [2.24, 2.45) is 0 Å². The van der Waals surface area contributed by atoms with Gasteiger partial charge in [-0.05, 0) is 43.2 Å². The van der Waals surface area contributed by atoms with Gasteiger partial charge in [0.05, 0.1) is 11.4 Å². The van der Waals surface area contributed by atoms with Crippen molar-refractivity contribution in [2.75, 3.05) is 22.9 Å². The molecule has 0 radical (unpaired) electrons. The van der Waals surface area contributed by atoms with Crippen LogP contribution in [0.4, 0.5) is 11.4 Å². The van der Waals surface area contributed by atoms with E-state index in [1.807, 2.05) is 6.07 Å². The zero-order chi connectivity index (χ0) is 20.1. The molecule has 1 heterocycles. The summed E-state index contributed by atoms with van der Waals surface area (Å²) in [6.07, 6.45) is 1.63. The minimum Gasteiger partial charge on any atom is -0.371 e. The van der Waals surface area contributed by atoms with Crippen molar-refractivity contribution in [3.63, 3.8) is 0 Å². The summed E-state index contributed by atoms with van der Waals surface area (Å²) < 4.78 is 0. The minimum atomic E-state index is -0.303. The molecule has 3 rings (SSSR count). The molecule has 1 unspecified atom stereocenters. The van der Waals surface area contributed by atoms with E-state index in [1.165, 1.54) is 16.7 Å². The highest BCUT2D eigenvalue weighted by Crippen LogP contribution is 2.29. The molecule has 146 valence electrons. The Balaban J connectivity index is 1.61. The molecule has 5 nitrogen and oxygen atoms in total. The third-order valence-electron chi connectivity index (χ3n) is 4.64. The average Bonchev–Trinajstić information content (AvgIpc) is 2.68. The van der Waals surface area contributed by atoms with Crippen LogP contribution in [0.5, 0.6) is 0 Å². The van der Waals surface area contributed by atoms with Crippen LogP contribution in [0.25, 0.3) is 0 Å². The molecule has 1 aliphatic rings. The predicted molar refractivity (Wildman–Crippen MR) is 117 cm³/mol. The number of hydrogen-bond donors (Lipinski definition) is 3. The Morgan fingerprint density at radius 2 is 2.04 bits per heavy atom. The van der Waals surface area contributed by atoms with E-state index in [-0.39, 0.29) is 17.9 Å². The van der Waals surface area contributed by atoms with E-state index in [9.17, 15) is 9.59 Å². The average molecular weight is 396 g/mol. The van der Waals surface area contributed by atoms with Gasteiger partial charge in [-0.1, -0.05) is 29.8 Å². The Bertz CT molecular complexity index is 911. The highest BCUT2D eigenvalue weighted by atomic mass is 32.2. The predicted octanol–water partition coefficient (Wildman–Crippen LogP) is 3.89. The molecule has 2 aromatic rings. The lowest BCUT2D eigenvalue weighted by Crippen LogP contribution is -2.40. The van der Waals surface area contributed by atoms with Gasteiger partial charge in [0, 0.05) is 23.6 Å². The molecule has 0 aromatic heterocycles. The van der Waals surface area contributed by atoms with E-state index in [2.05, 4.69) is 54.6 Å². The number of carbonyl (C=O) groups excluding carboxylic acids is 2. The zero-order valence-electron chi connectivity index (χ0n) is 16.2. The Labute approximate surface area is 170 Å². The smallest absolute Gasteiger partial charge is 0.251 e. The summed E-state index contributed by atoms with van der Waals surface area (Å²) in [5, 5.41) is 8.94. The van der Waals surface area contributed by atoms with Crippen LogP contribution in [-0.2, 0) is 10.5 Å². The molecule has 2 amide bonds. The van der Waals surface area contributed by atoms with E-state index >= 15 is 0 Å². The molecule has 0 aliphatic carbocycles. The summed E-state index contributed by atoms with van der Waals surface area (Å²) in [4.78, 5) is 24.5. The van der Waals surface area contributed by atoms with Gasteiger partial charge in [-0.2, -0.15) is 11.8 Å². The first-order chi connectivity index (χ1) is 13.5. The zero-order valence-corrected chi connectivity index (χ0v) is 17.0. The van der Waals surface area contributed by atoms with Gasteiger partial charge in [-0.3, -0.25) is 9.59 Å². The second kappa shape index (κ2) is 8.97. The summed E-state index contributed by atoms with van der Waals surface area (Å²) in [6.45, 7) is 8.19. The summed E-state index contributed by atoms with van der Waals surface area (Å²) in [6, 6.07) is 11.4. The number of rotatable bonds is 7. The number of anilines is 2. The van der Waals surface area contributed by atoms with E-state index in [0.717, 1.165) is 11.4 Å². The molecule has 0 fully saturated rings. The molecule has 2 aromatic carbocycles. The molecule has 0 saturated carbocycles. The SMILES string of the molecule is C=CCNC(=O)c1ccc2c(c1)NC(=O)C(CSCc1cc(C)ccc1C)N2. The topological polar surface area (TPSA) is 70.2 Å². The molecule has 1 atom stereocenters. The van der Waals surface area contributed by atoms with Gasteiger partial charge in [0.15, 0.2) is 0 Å². The van der Waals surface area contributed by atoms with Crippen molar-refractivity contribution < 1.29 is 9.59 Å². The number of amides is 2. The number of thioether (sulfide) groups is 1. The Morgan fingerprint density at radius 1 is 1.21 bits per heavy atom. The molecule has 1 aliphatic heterocycles. The molecule has 0 saturated heterocycles. The van der Waals surface area contributed by atoms with E-state index < -0.39 is 0 Å². The number of carbonyl (C=O) groups is 2. The van der Waals surface area contributed by atoms with Gasteiger partial charge in [-0.15, -0.1) is 6.58 Å². The first-order valence-corrected chi connectivity index (χ1v) is 10.4. The van der Waals surface area contributed by atoms with Crippen molar-refractivity contribution >= 4 is 35.0 Å². The van der Waals surface area contributed by atoms with Crippen LogP contribution >= 0.6 is 11.8 Å². The number of nitrogens with one attached hydrogen (secondary N) is 3. The van der Waals surface area contributed by atoms with Gasteiger partial charge >= 0.3 is 0 Å². The Morgan fingerprint density at radius 3 is 2.82 bits per heavy atom. The first kappa shape index (κ1) is 20.0. The van der Waals surface area contributed by atoms with Crippen LogP contribution in [0.1, 0.15) is 27.0 Å². The van der Waals surface area contributed by atoms with Gasteiger partial charge in [-0.25, -0.2) is 0 Å². The van der Waals surface area contributed by atoms with Gasteiger partial charge < -0.3 is 16.0 Å². The molecule has 0 bridgehead atoms. The molecule has 3 N–H and O–H groups in total. The maximum Gasteiger partial charge on any atom is 0.251 e. The van der Waals surface area contributed by atoms with Crippen molar-refractivity contribution in [3.05, 3.63) is 71.3 Å². The van der Waals surface area contributed by atoms with E-state index in [4.69, 9.17) is 0 Å². The van der Waals surface area contributed by atoms with Gasteiger partial charge in [0.25, 0.3) is 5.91 Å². The maximum atomic E-state index is 12.5. The second-order valence-corrected chi connectivity index (χ2v) is 7.92. The Hall–Kier alpha value is -2.73. The third kappa shape index (κ3) is 4.75. The second-order valence-electron chi connectivity index (χ2n) is 6.89. The van der Waals surface area contributed by atoms with Crippen LogP contribution in [0.15, 0.2) is 49.1 Å². The van der Waals surface area contributed by atoms with Crippen LogP contribution < -0.4 is 16.0 Å². The van der Waals surface area contributed by atoms with Crippen LogP contribution in [0.3, 0.4) is 0 Å². The summed E-state index contributed by atoms with van der Waals surface area (Å²) in [7, 11) is 0. The molecule has 0 spiro atoms. The number of hydrogen-bond acceptors (Lipinski definition) is 4. The number of aryl methyl sites for hydroxylation is 2. The largest absolute Gasteiger partial charge is 0.371 e. The van der Waals surface area contributed by atoms with Gasteiger partial charge in [0.1, 0.15) is 6.04 Å². The molecule has 6 heteroatoms. The fourth-order valence-corrected chi connectivity index (χ4v) is 4.13. The first-order valence-electron chi connectivity index (χ1n) is 9.22.